The zero-order chi connectivity index (χ0) is 12.3. The number of aromatic nitrogens is 4. The normalized spacial score (nSPS) is 11.3. The van der Waals surface area contributed by atoms with Crippen LogP contribution in [0.15, 0.2) is 24.7 Å². The van der Waals surface area contributed by atoms with Crippen LogP contribution in [0, 0.1) is 0 Å². The van der Waals surface area contributed by atoms with Gasteiger partial charge in [-0.25, -0.2) is 0 Å². The van der Waals surface area contributed by atoms with Gasteiger partial charge < -0.3 is 14.5 Å². The Hall–Kier alpha value is -1.62. The van der Waals surface area contributed by atoms with Crippen molar-refractivity contribution in [2.75, 3.05) is 0 Å². The second-order valence-electron chi connectivity index (χ2n) is 4.52. The molecule has 0 bridgehead atoms. The summed E-state index contributed by atoms with van der Waals surface area (Å²) < 4.78 is 4.14. The molecule has 0 aliphatic heterocycles. The molecule has 0 fully saturated rings. The van der Waals surface area contributed by atoms with Crippen LogP contribution < -0.4 is 5.32 Å². The first-order valence-electron chi connectivity index (χ1n) is 5.87. The maximum atomic E-state index is 4.10. The molecule has 2 heterocycles. The Balaban J connectivity index is 2.06. The fraction of sp³-hybridized carbons (Fsp3) is 0.500. The summed E-state index contributed by atoms with van der Waals surface area (Å²) in [5.41, 5.74) is 1.27. The summed E-state index contributed by atoms with van der Waals surface area (Å²) in [6, 6.07) is 4.69. The molecule has 0 radical (unpaired) electrons. The summed E-state index contributed by atoms with van der Waals surface area (Å²) in [6.45, 7) is 5.94. The van der Waals surface area contributed by atoms with Crippen molar-refractivity contribution in [3.8, 4) is 0 Å². The Morgan fingerprint density at radius 3 is 2.88 bits per heavy atom. The molecule has 17 heavy (non-hydrogen) atoms. The molecule has 0 atom stereocenters. The molecule has 0 spiro atoms. The van der Waals surface area contributed by atoms with Gasteiger partial charge in [-0.1, -0.05) is 13.8 Å². The molecule has 92 valence electrons. The maximum Gasteiger partial charge on any atom is 0.152 e. The highest BCUT2D eigenvalue weighted by molar-refractivity contribution is 5.08. The summed E-state index contributed by atoms with van der Waals surface area (Å²) >= 11 is 0. The lowest BCUT2D eigenvalue weighted by Gasteiger charge is -2.11. The Morgan fingerprint density at radius 1 is 1.41 bits per heavy atom. The Kier molecular flexibility index (Phi) is 3.58. The van der Waals surface area contributed by atoms with E-state index in [0.29, 0.717) is 6.04 Å². The van der Waals surface area contributed by atoms with E-state index in [1.807, 2.05) is 11.6 Å². The van der Waals surface area contributed by atoms with Gasteiger partial charge in [-0.2, -0.15) is 0 Å². The first kappa shape index (κ1) is 11.9. The van der Waals surface area contributed by atoms with E-state index in [0.717, 1.165) is 18.9 Å². The number of hydrogen-bond acceptors (Lipinski definition) is 3. The summed E-state index contributed by atoms with van der Waals surface area (Å²) in [6.07, 6.45) is 3.80. The topological polar surface area (TPSA) is 47.7 Å². The predicted octanol–water partition coefficient (Wildman–Crippen LogP) is 1.16. The van der Waals surface area contributed by atoms with Crippen LogP contribution >= 0.6 is 0 Å². The standard InChI is InChI=1S/C12H19N5/c1-10(2)13-7-11-5-4-6-17(11)8-12-15-14-9-16(12)3/h4-6,9-10,13H,7-8H2,1-3H3. The monoisotopic (exact) mass is 233 g/mol. The van der Waals surface area contributed by atoms with E-state index >= 15 is 0 Å². The third-order valence-corrected chi connectivity index (χ3v) is 2.73. The predicted molar refractivity (Wildman–Crippen MR) is 66.5 cm³/mol. The summed E-state index contributed by atoms with van der Waals surface area (Å²) in [5.74, 6) is 0.965. The molecule has 0 aliphatic rings. The molecule has 0 unspecified atom stereocenters. The molecule has 2 aromatic heterocycles. The highest BCUT2D eigenvalue weighted by Gasteiger charge is 2.05. The van der Waals surface area contributed by atoms with Crippen molar-refractivity contribution in [3.63, 3.8) is 0 Å². The van der Waals surface area contributed by atoms with Crippen LogP contribution in [0.3, 0.4) is 0 Å². The summed E-state index contributed by atoms with van der Waals surface area (Å²) in [7, 11) is 1.96. The fourth-order valence-electron chi connectivity index (χ4n) is 1.68. The zero-order valence-electron chi connectivity index (χ0n) is 10.6. The summed E-state index contributed by atoms with van der Waals surface area (Å²) in [4.78, 5) is 0. The van der Waals surface area contributed by atoms with E-state index in [1.54, 1.807) is 6.33 Å². The Morgan fingerprint density at radius 2 is 2.24 bits per heavy atom. The highest BCUT2D eigenvalue weighted by atomic mass is 15.3. The minimum atomic E-state index is 0.494. The number of aryl methyl sites for hydroxylation is 1. The van der Waals surface area contributed by atoms with Crippen molar-refractivity contribution in [2.45, 2.75) is 33.0 Å². The summed E-state index contributed by atoms with van der Waals surface area (Å²) in [5, 5.41) is 11.4. The van der Waals surface area contributed by atoms with Crippen molar-refractivity contribution in [3.05, 3.63) is 36.2 Å². The second kappa shape index (κ2) is 5.14. The molecule has 5 nitrogen and oxygen atoms in total. The van der Waals surface area contributed by atoms with Gasteiger partial charge in [-0.3, -0.25) is 0 Å². The van der Waals surface area contributed by atoms with E-state index in [1.165, 1.54) is 5.69 Å². The van der Waals surface area contributed by atoms with E-state index in [9.17, 15) is 0 Å². The lowest BCUT2D eigenvalue weighted by molar-refractivity contribution is 0.559. The average Bonchev–Trinajstić information content (AvgIpc) is 2.87. The zero-order valence-corrected chi connectivity index (χ0v) is 10.6. The molecule has 0 amide bonds. The lowest BCUT2D eigenvalue weighted by Crippen LogP contribution is -2.23. The van der Waals surface area contributed by atoms with Crippen LogP contribution in [0.1, 0.15) is 25.4 Å². The SMILES string of the molecule is CC(C)NCc1cccn1Cc1nncn1C. The first-order valence-corrected chi connectivity index (χ1v) is 5.87. The molecule has 0 aromatic carbocycles. The molecule has 2 rings (SSSR count). The van der Waals surface area contributed by atoms with Crippen molar-refractivity contribution in [2.24, 2.45) is 7.05 Å². The van der Waals surface area contributed by atoms with Crippen LogP contribution in [-0.2, 0) is 20.1 Å². The van der Waals surface area contributed by atoms with E-state index in [4.69, 9.17) is 0 Å². The van der Waals surface area contributed by atoms with Gasteiger partial charge in [0.1, 0.15) is 6.33 Å². The quantitative estimate of drug-likeness (QED) is 0.843. The van der Waals surface area contributed by atoms with Gasteiger partial charge in [0, 0.05) is 31.5 Å². The van der Waals surface area contributed by atoms with Crippen molar-refractivity contribution in [1.82, 2.24) is 24.6 Å². The maximum absolute atomic E-state index is 4.10. The molecular weight excluding hydrogens is 214 g/mol. The van der Waals surface area contributed by atoms with Crippen LogP contribution in [0.5, 0.6) is 0 Å². The second-order valence-corrected chi connectivity index (χ2v) is 4.52. The van der Waals surface area contributed by atoms with Gasteiger partial charge in [-0.15, -0.1) is 10.2 Å². The molecule has 0 saturated carbocycles. The van der Waals surface area contributed by atoms with Crippen LogP contribution in [0.4, 0.5) is 0 Å². The van der Waals surface area contributed by atoms with Gasteiger partial charge in [0.05, 0.1) is 6.54 Å². The lowest BCUT2D eigenvalue weighted by atomic mass is 10.3. The number of hydrogen-bond donors (Lipinski definition) is 1. The number of rotatable bonds is 5. The van der Waals surface area contributed by atoms with Crippen molar-refractivity contribution in [1.29, 1.82) is 0 Å². The molecular formula is C12H19N5. The number of nitrogens with one attached hydrogen (secondary N) is 1. The molecule has 5 heteroatoms. The van der Waals surface area contributed by atoms with Gasteiger partial charge in [-0.05, 0) is 12.1 Å². The third kappa shape index (κ3) is 2.94. The minimum absolute atomic E-state index is 0.494. The largest absolute Gasteiger partial charge is 0.343 e. The average molecular weight is 233 g/mol. The Labute approximate surface area is 101 Å². The van der Waals surface area contributed by atoms with Crippen molar-refractivity contribution < 1.29 is 0 Å². The van der Waals surface area contributed by atoms with Gasteiger partial charge in [0.15, 0.2) is 5.82 Å². The third-order valence-electron chi connectivity index (χ3n) is 2.73. The minimum Gasteiger partial charge on any atom is -0.343 e. The molecule has 1 N–H and O–H groups in total. The fourth-order valence-corrected chi connectivity index (χ4v) is 1.68. The molecule has 2 aromatic rings. The van der Waals surface area contributed by atoms with Gasteiger partial charge in [0.2, 0.25) is 0 Å². The van der Waals surface area contributed by atoms with E-state index < -0.39 is 0 Å². The van der Waals surface area contributed by atoms with Gasteiger partial charge in [0.25, 0.3) is 0 Å². The molecule has 0 saturated heterocycles. The number of nitrogens with zero attached hydrogens (tertiary/aromatic N) is 4. The molecule has 0 aliphatic carbocycles. The van der Waals surface area contributed by atoms with Gasteiger partial charge >= 0.3 is 0 Å². The van der Waals surface area contributed by atoms with Crippen molar-refractivity contribution >= 4 is 0 Å². The van der Waals surface area contributed by atoms with Crippen LogP contribution in [-0.4, -0.2) is 25.4 Å². The highest BCUT2D eigenvalue weighted by Crippen LogP contribution is 2.05. The first-order chi connectivity index (χ1) is 8.16. The Bertz CT molecular complexity index is 469. The van der Waals surface area contributed by atoms with E-state index in [2.05, 4.69) is 52.3 Å². The van der Waals surface area contributed by atoms with Crippen LogP contribution in [0.2, 0.25) is 0 Å². The van der Waals surface area contributed by atoms with Crippen LogP contribution in [0.25, 0.3) is 0 Å². The smallest absolute Gasteiger partial charge is 0.152 e. The van der Waals surface area contributed by atoms with E-state index in [-0.39, 0.29) is 0 Å².